The Morgan fingerprint density at radius 1 is 1.38 bits per heavy atom. The number of amides is 1. The first-order chi connectivity index (χ1) is 12.4. The van der Waals surface area contributed by atoms with E-state index in [0.29, 0.717) is 18.7 Å². The second-order valence-electron chi connectivity index (χ2n) is 7.08. The van der Waals surface area contributed by atoms with E-state index in [9.17, 15) is 10.1 Å². The number of carbonyl (C=O) groups is 1. The summed E-state index contributed by atoms with van der Waals surface area (Å²) in [5.41, 5.74) is 3.08. The molecule has 1 aliphatic carbocycles. The van der Waals surface area contributed by atoms with Gasteiger partial charge in [-0.2, -0.15) is 5.26 Å². The third-order valence-corrected chi connectivity index (χ3v) is 5.37. The number of hydrogen-bond acceptors (Lipinski definition) is 5. The molecule has 0 bridgehead atoms. The number of nitrogens with one attached hydrogen (secondary N) is 1. The highest BCUT2D eigenvalue weighted by Gasteiger charge is 2.35. The normalized spacial score (nSPS) is 15.8. The van der Waals surface area contributed by atoms with Crippen molar-refractivity contribution in [1.82, 2.24) is 20.1 Å². The highest BCUT2D eigenvalue weighted by Crippen LogP contribution is 2.31. The minimum atomic E-state index is -0.671. The topological polar surface area (TPSA) is 92.8 Å². The monoisotopic (exact) mass is 355 g/mol. The minimum Gasteiger partial charge on any atom is -0.479 e. The summed E-state index contributed by atoms with van der Waals surface area (Å²) in [6.07, 6.45) is 4.38. The first-order valence-electron chi connectivity index (χ1n) is 9.00. The zero-order valence-corrected chi connectivity index (χ0v) is 15.8. The van der Waals surface area contributed by atoms with Crippen LogP contribution < -0.4 is 10.1 Å². The highest BCUT2D eigenvalue weighted by molar-refractivity contribution is 5.86. The summed E-state index contributed by atoms with van der Waals surface area (Å²) < 4.78 is 7.09. The van der Waals surface area contributed by atoms with Crippen molar-refractivity contribution in [2.24, 2.45) is 7.05 Å². The maximum absolute atomic E-state index is 12.4. The molecule has 0 spiro atoms. The Morgan fingerprint density at radius 3 is 2.69 bits per heavy atom. The Bertz CT molecular complexity index is 888. The van der Waals surface area contributed by atoms with E-state index in [1.165, 1.54) is 0 Å². The lowest BCUT2D eigenvalue weighted by atomic mass is 9.97. The van der Waals surface area contributed by atoms with Gasteiger partial charge in [0, 0.05) is 19.2 Å². The van der Waals surface area contributed by atoms with Gasteiger partial charge in [0.25, 0.3) is 0 Å². The lowest BCUT2D eigenvalue weighted by Gasteiger charge is -2.22. The van der Waals surface area contributed by atoms with Crippen molar-refractivity contribution in [3.05, 3.63) is 16.8 Å². The van der Waals surface area contributed by atoms with Gasteiger partial charge < -0.3 is 10.1 Å². The zero-order chi connectivity index (χ0) is 18.9. The zero-order valence-electron chi connectivity index (χ0n) is 15.8. The molecule has 26 heavy (non-hydrogen) atoms. The smallest absolute Gasteiger partial charge is 0.242 e. The van der Waals surface area contributed by atoms with Crippen LogP contribution in [0.5, 0.6) is 5.88 Å². The molecule has 2 heterocycles. The molecule has 7 heteroatoms. The van der Waals surface area contributed by atoms with E-state index in [0.717, 1.165) is 53.5 Å². The highest BCUT2D eigenvalue weighted by atomic mass is 16.5. The average Bonchev–Trinajstić information content (AvgIpc) is 3.20. The number of nitrogens with zero attached hydrogens (tertiary/aromatic N) is 4. The Kier molecular flexibility index (Phi) is 4.86. The number of hydrogen-bond donors (Lipinski definition) is 1. The van der Waals surface area contributed by atoms with Gasteiger partial charge in [-0.25, -0.2) is 9.67 Å². The van der Waals surface area contributed by atoms with Gasteiger partial charge in [-0.15, -0.1) is 5.10 Å². The fraction of sp³-hybridized carbons (Fsp3) is 0.579. The fourth-order valence-corrected chi connectivity index (χ4v) is 3.92. The van der Waals surface area contributed by atoms with E-state index in [4.69, 9.17) is 4.74 Å². The maximum Gasteiger partial charge on any atom is 0.242 e. The molecule has 0 saturated heterocycles. The van der Waals surface area contributed by atoms with Crippen LogP contribution in [0.1, 0.15) is 48.9 Å². The van der Waals surface area contributed by atoms with Crippen LogP contribution in [0.2, 0.25) is 0 Å². The van der Waals surface area contributed by atoms with E-state index in [1.807, 2.05) is 20.9 Å². The first kappa shape index (κ1) is 18.2. The number of fused-ring (bicyclic) bond motifs is 1. The van der Waals surface area contributed by atoms with Crippen LogP contribution in [0.3, 0.4) is 0 Å². The van der Waals surface area contributed by atoms with Crippen molar-refractivity contribution in [2.45, 2.75) is 57.9 Å². The number of nitriles is 1. The Hall–Kier alpha value is -2.62. The molecule has 138 valence electrons. The van der Waals surface area contributed by atoms with Crippen LogP contribution in [0.4, 0.5) is 0 Å². The van der Waals surface area contributed by atoms with Gasteiger partial charge in [0.2, 0.25) is 11.8 Å². The van der Waals surface area contributed by atoms with E-state index in [-0.39, 0.29) is 5.91 Å². The van der Waals surface area contributed by atoms with E-state index in [2.05, 4.69) is 21.5 Å². The van der Waals surface area contributed by atoms with Gasteiger partial charge in [-0.1, -0.05) is 0 Å². The predicted molar refractivity (Wildman–Crippen MR) is 97.8 cm³/mol. The molecule has 0 radical (unpaired) electrons. The van der Waals surface area contributed by atoms with Crippen LogP contribution in [0.15, 0.2) is 0 Å². The Labute approximate surface area is 153 Å². The quantitative estimate of drug-likeness (QED) is 0.889. The molecule has 1 aliphatic rings. The molecule has 3 rings (SSSR count). The fourth-order valence-electron chi connectivity index (χ4n) is 3.92. The van der Waals surface area contributed by atoms with Crippen molar-refractivity contribution in [3.63, 3.8) is 0 Å². The SMILES string of the molecule is COc1nn(C)c2nc(C)c(CCC(=O)NC3(C#N)CCCC3)c(C)c12. The molecule has 7 nitrogen and oxygen atoms in total. The maximum atomic E-state index is 12.4. The Balaban J connectivity index is 1.81. The van der Waals surface area contributed by atoms with Crippen LogP contribution in [-0.2, 0) is 18.3 Å². The van der Waals surface area contributed by atoms with Crippen molar-refractivity contribution in [3.8, 4) is 11.9 Å². The molecule has 0 aromatic carbocycles. The summed E-state index contributed by atoms with van der Waals surface area (Å²) in [6, 6.07) is 2.30. The van der Waals surface area contributed by atoms with Crippen LogP contribution in [0.25, 0.3) is 11.0 Å². The summed E-state index contributed by atoms with van der Waals surface area (Å²) in [5, 5.41) is 17.6. The van der Waals surface area contributed by atoms with Gasteiger partial charge in [-0.05, 0) is 57.1 Å². The molecule has 0 aliphatic heterocycles. The Morgan fingerprint density at radius 2 is 2.08 bits per heavy atom. The second kappa shape index (κ2) is 6.94. The minimum absolute atomic E-state index is 0.0782. The standard InChI is InChI=1S/C19H25N5O2/c1-12-14(7-8-15(25)22-19(11-20)9-5-6-10-19)13(2)21-17-16(12)18(26-4)23-24(17)3/h5-10H2,1-4H3,(H,22,25). The first-order valence-corrected chi connectivity index (χ1v) is 9.00. The third-order valence-electron chi connectivity index (χ3n) is 5.37. The number of aromatic nitrogens is 3. The molecule has 1 saturated carbocycles. The number of carbonyl (C=O) groups excluding carboxylic acids is 1. The third kappa shape index (κ3) is 3.12. The van der Waals surface area contributed by atoms with Crippen LogP contribution in [0, 0.1) is 25.2 Å². The van der Waals surface area contributed by atoms with Gasteiger partial charge in [-0.3, -0.25) is 4.79 Å². The lowest BCUT2D eigenvalue weighted by molar-refractivity contribution is -0.122. The van der Waals surface area contributed by atoms with Crippen LogP contribution >= 0.6 is 0 Å². The second-order valence-corrected chi connectivity index (χ2v) is 7.08. The van der Waals surface area contributed by atoms with Crippen molar-refractivity contribution in [2.75, 3.05) is 7.11 Å². The van der Waals surface area contributed by atoms with Gasteiger partial charge in [0.1, 0.15) is 5.54 Å². The summed E-state index contributed by atoms with van der Waals surface area (Å²) in [5.74, 6) is 0.470. The number of methoxy groups -OCH3 is 1. The summed E-state index contributed by atoms with van der Waals surface area (Å²) in [4.78, 5) is 17.1. The van der Waals surface area contributed by atoms with Gasteiger partial charge in [0.15, 0.2) is 5.65 Å². The number of aryl methyl sites for hydroxylation is 3. The predicted octanol–water partition coefficient (Wildman–Crippen LogP) is 2.48. The van der Waals surface area contributed by atoms with Crippen LogP contribution in [-0.4, -0.2) is 33.3 Å². The van der Waals surface area contributed by atoms with E-state index >= 15 is 0 Å². The number of pyridine rings is 1. The summed E-state index contributed by atoms with van der Waals surface area (Å²) in [6.45, 7) is 3.97. The molecule has 0 unspecified atom stereocenters. The lowest BCUT2D eigenvalue weighted by Crippen LogP contribution is -2.45. The van der Waals surface area contributed by atoms with Crippen molar-refractivity contribution < 1.29 is 9.53 Å². The summed E-state index contributed by atoms with van der Waals surface area (Å²) in [7, 11) is 3.43. The largest absolute Gasteiger partial charge is 0.479 e. The van der Waals surface area contributed by atoms with Crippen molar-refractivity contribution >= 4 is 16.9 Å². The molecule has 1 fully saturated rings. The van der Waals surface area contributed by atoms with Crippen molar-refractivity contribution in [1.29, 1.82) is 5.26 Å². The molecule has 0 atom stereocenters. The number of ether oxygens (including phenoxy) is 1. The van der Waals surface area contributed by atoms with E-state index in [1.54, 1.807) is 11.8 Å². The molecular weight excluding hydrogens is 330 g/mol. The average molecular weight is 355 g/mol. The molecule has 1 amide bonds. The molecular formula is C19H25N5O2. The van der Waals surface area contributed by atoms with Gasteiger partial charge >= 0.3 is 0 Å². The van der Waals surface area contributed by atoms with E-state index < -0.39 is 5.54 Å². The molecule has 1 N–H and O–H groups in total. The van der Waals surface area contributed by atoms with Gasteiger partial charge in [0.05, 0.1) is 18.6 Å². The summed E-state index contributed by atoms with van der Waals surface area (Å²) >= 11 is 0. The molecule has 2 aromatic heterocycles. The molecule has 2 aromatic rings. The number of rotatable bonds is 5.